The van der Waals surface area contributed by atoms with E-state index in [1.54, 1.807) is 0 Å². The average Bonchev–Trinajstić information content (AvgIpc) is 2.98. The molecule has 0 aliphatic heterocycles. The Morgan fingerprint density at radius 1 is 1.22 bits per heavy atom. The van der Waals surface area contributed by atoms with Crippen LogP contribution in [-0.2, 0) is 16.0 Å². The summed E-state index contributed by atoms with van der Waals surface area (Å²) in [7, 11) is 0. The maximum Gasteiger partial charge on any atom is 0.306 e. The number of ether oxygens (including phenoxy) is 1. The van der Waals surface area contributed by atoms with Crippen molar-refractivity contribution in [1.82, 2.24) is 0 Å². The van der Waals surface area contributed by atoms with Gasteiger partial charge in [-0.2, -0.15) is 0 Å². The molecule has 3 nitrogen and oxygen atoms in total. The van der Waals surface area contributed by atoms with Crippen molar-refractivity contribution in [2.75, 3.05) is 0 Å². The van der Waals surface area contributed by atoms with Gasteiger partial charge in [0.15, 0.2) is 0 Å². The molecular weight excluding hydrogens is 336 g/mol. The van der Waals surface area contributed by atoms with Crippen molar-refractivity contribution in [3.05, 3.63) is 29.3 Å². The van der Waals surface area contributed by atoms with Crippen molar-refractivity contribution in [2.45, 2.75) is 90.1 Å². The fourth-order valence-electron chi connectivity index (χ4n) is 6.45. The predicted molar refractivity (Wildman–Crippen MR) is 107 cm³/mol. The normalized spacial score (nSPS) is 34.4. The molecule has 0 saturated heterocycles. The molecular formula is C24H34O3. The Balaban J connectivity index is 1.47. The molecule has 27 heavy (non-hydrogen) atoms. The van der Waals surface area contributed by atoms with E-state index in [1.807, 2.05) is 12.1 Å². The summed E-state index contributed by atoms with van der Waals surface area (Å²) < 4.78 is 6.02. The van der Waals surface area contributed by atoms with Gasteiger partial charge in [0.2, 0.25) is 0 Å². The molecule has 0 amide bonds. The molecule has 0 radical (unpaired) electrons. The van der Waals surface area contributed by atoms with Crippen molar-refractivity contribution >= 4 is 5.97 Å². The first kappa shape index (κ1) is 18.8. The molecule has 0 bridgehead atoms. The fourth-order valence-corrected chi connectivity index (χ4v) is 6.45. The molecule has 1 aromatic rings. The van der Waals surface area contributed by atoms with Gasteiger partial charge in [0, 0.05) is 11.8 Å². The van der Waals surface area contributed by atoms with Crippen LogP contribution < -0.4 is 0 Å². The number of phenols is 1. The van der Waals surface area contributed by atoms with Crippen LogP contribution in [0.15, 0.2) is 18.2 Å². The summed E-state index contributed by atoms with van der Waals surface area (Å²) in [6.45, 7) is 4.55. The predicted octanol–water partition coefficient (Wildman–Crippen LogP) is 5.74. The molecule has 0 spiro atoms. The molecule has 0 aromatic heterocycles. The number of carbonyl (C=O) groups excluding carboxylic acids is 1. The first-order chi connectivity index (χ1) is 13.0. The van der Waals surface area contributed by atoms with Gasteiger partial charge in [-0.25, -0.2) is 0 Å². The maximum absolute atomic E-state index is 12.3. The number of esters is 1. The molecule has 2 fully saturated rings. The van der Waals surface area contributed by atoms with Gasteiger partial charge in [-0.1, -0.05) is 32.8 Å². The number of phenolic OH excluding ortho intramolecular Hbond substituents is 1. The topological polar surface area (TPSA) is 46.5 Å². The quantitative estimate of drug-likeness (QED) is 0.531. The standard InChI is InChI=1S/C24H34O3/c1-3-4-5-6-23(26)27-22-12-11-21-20-9-7-16-15-17(25)8-10-18(16)19(20)13-14-24(21,22)2/h8,10,15,19-22,25H,3-7,9,11-14H2,1-2H3/t19-,20+,21+,22-,24-/m0/s1. The third-order valence-corrected chi connectivity index (χ3v) is 7.88. The molecule has 0 heterocycles. The SMILES string of the molecule is CCCCCC(=O)O[C@H]1CC[C@@H]2[C@@H]3CCc4cc(O)ccc4[C@@H]3CC[C@]12C. The molecule has 148 valence electrons. The number of fused-ring (bicyclic) bond motifs is 5. The minimum absolute atomic E-state index is 0.0157. The van der Waals surface area contributed by atoms with Crippen LogP contribution >= 0.6 is 0 Å². The van der Waals surface area contributed by atoms with E-state index < -0.39 is 0 Å². The smallest absolute Gasteiger partial charge is 0.306 e. The molecule has 4 rings (SSSR count). The fraction of sp³-hybridized carbons (Fsp3) is 0.708. The van der Waals surface area contributed by atoms with E-state index in [1.165, 1.54) is 30.4 Å². The summed E-state index contributed by atoms with van der Waals surface area (Å²) in [5.74, 6) is 2.38. The third kappa shape index (κ3) is 3.39. The summed E-state index contributed by atoms with van der Waals surface area (Å²) in [6.07, 6.45) is 10.7. The first-order valence-corrected chi connectivity index (χ1v) is 11.0. The van der Waals surface area contributed by atoms with E-state index in [0.717, 1.165) is 38.5 Å². The molecule has 3 aliphatic carbocycles. The van der Waals surface area contributed by atoms with E-state index in [0.29, 0.717) is 29.9 Å². The van der Waals surface area contributed by atoms with E-state index >= 15 is 0 Å². The van der Waals surface area contributed by atoms with Gasteiger partial charge >= 0.3 is 5.97 Å². The van der Waals surface area contributed by atoms with Crippen LogP contribution in [0.2, 0.25) is 0 Å². The lowest BCUT2D eigenvalue weighted by Gasteiger charge is -2.50. The first-order valence-electron chi connectivity index (χ1n) is 11.0. The van der Waals surface area contributed by atoms with E-state index in [-0.39, 0.29) is 17.5 Å². The second-order valence-electron chi connectivity index (χ2n) is 9.36. The molecule has 1 aromatic carbocycles. The number of aryl methyl sites for hydroxylation is 1. The summed E-state index contributed by atoms with van der Waals surface area (Å²) >= 11 is 0. The molecule has 5 atom stereocenters. The van der Waals surface area contributed by atoms with Gasteiger partial charge < -0.3 is 9.84 Å². The van der Waals surface area contributed by atoms with Gasteiger partial charge in [0.25, 0.3) is 0 Å². The number of benzene rings is 1. The van der Waals surface area contributed by atoms with Gasteiger partial charge in [0.05, 0.1) is 0 Å². The number of unbranched alkanes of at least 4 members (excludes halogenated alkanes) is 2. The Morgan fingerprint density at radius 3 is 2.89 bits per heavy atom. The van der Waals surface area contributed by atoms with Crippen molar-refractivity contribution in [3.63, 3.8) is 0 Å². The summed E-state index contributed by atoms with van der Waals surface area (Å²) in [6, 6.07) is 5.98. The number of rotatable bonds is 5. The second-order valence-corrected chi connectivity index (χ2v) is 9.36. The maximum atomic E-state index is 12.3. The van der Waals surface area contributed by atoms with Gasteiger partial charge in [-0.3, -0.25) is 4.79 Å². The summed E-state index contributed by atoms with van der Waals surface area (Å²) in [4.78, 5) is 12.3. The van der Waals surface area contributed by atoms with Crippen molar-refractivity contribution in [2.24, 2.45) is 17.3 Å². The Hall–Kier alpha value is -1.51. The second kappa shape index (κ2) is 7.48. The highest BCUT2D eigenvalue weighted by Crippen LogP contribution is 2.61. The largest absolute Gasteiger partial charge is 0.508 e. The Bertz CT molecular complexity index is 697. The van der Waals surface area contributed by atoms with Crippen molar-refractivity contribution in [1.29, 1.82) is 0 Å². The zero-order valence-corrected chi connectivity index (χ0v) is 16.9. The van der Waals surface area contributed by atoms with Crippen LogP contribution in [0.5, 0.6) is 5.75 Å². The minimum atomic E-state index is 0.0157. The average molecular weight is 371 g/mol. The van der Waals surface area contributed by atoms with Gasteiger partial charge in [-0.15, -0.1) is 0 Å². The van der Waals surface area contributed by atoms with Crippen molar-refractivity contribution in [3.8, 4) is 5.75 Å². The zero-order chi connectivity index (χ0) is 19.0. The van der Waals surface area contributed by atoms with Crippen LogP contribution in [0.1, 0.15) is 88.7 Å². The number of carbonyl (C=O) groups is 1. The zero-order valence-electron chi connectivity index (χ0n) is 16.9. The molecule has 2 saturated carbocycles. The van der Waals surface area contributed by atoms with Crippen LogP contribution in [0.3, 0.4) is 0 Å². The third-order valence-electron chi connectivity index (χ3n) is 7.88. The minimum Gasteiger partial charge on any atom is -0.508 e. The Labute approximate surface area is 163 Å². The molecule has 3 aliphatic rings. The molecule has 1 N–H and O–H groups in total. The Kier molecular flexibility index (Phi) is 5.22. The Morgan fingerprint density at radius 2 is 2.07 bits per heavy atom. The van der Waals surface area contributed by atoms with Crippen LogP contribution in [0, 0.1) is 17.3 Å². The summed E-state index contributed by atoms with van der Waals surface area (Å²) in [5.41, 5.74) is 2.96. The van der Waals surface area contributed by atoms with E-state index in [4.69, 9.17) is 4.74 Å². The molecule has 0 unspecified atom stereocenters. The number of aromatic hydroxyl groups is 1. The molecule has 3 heteroatoms. The lowest BCUT2D eigenvalue weighted by atomic mass is 9.55. The monoisotopic (exact) mass is 370 g/mol. The van der Waals surface area contributed by atoms with Gasteiger partial charge in [0.1, 0.15) is 11.9 Å². The highest BCUT2D eigenvalue weighted by molar-refractivity contribution is 5.69. The number of hydrogen-bond donors (Lipinski definition) is 1. The van der Waals surface area contributed by atoms with Crippen LogP contribution in [0.4, 0.5) is 0 Å². The lowest BCUT2D eigenvalue weighted by molar-refractivity contribution is -0.157. The lowest BCUT2D eigenvalue weighted by Crippen LogP contribution is -2.45. The summed E-state index contributed by atoms with van der Waals surface area (Å²) in [5, 5.41) is 9.82. The van der Waals surface area contributed by atoms with Crippen LogP contribution in [0.25, 0.3) is 0 Å². The highest BCUT2D eigenvalue weighted by atomic mass is 16.5. The number of hydrogen-bond acceptors (Lipinski definition) is 3. The van der Waals surface area contributed by atoms with Crippen LogP contribution in [-0.4, -0.2) is 17.2 Å². The van der Waals surface area contributed by atoms with Crippen molar-refractivity contribution < 1.29 is 14.6 Å². The van der Waals surface area contributed by atoms with E-state index in [2.05, 4.69) is 19.9 Å². The van der Waals surface area contributed by atoms with Gasteiger partial charge in [-0.05, 0) is 86.0 Å². The van der Waals surface area contributed by atoms with E-state index in [9.17, 15) is 9.90 Å². The highest BCUT2D eigenvalue weighted by Gasteiger charge is 2.56.